The molecule has 7 nitrogen and oxygen atoms in total. The number of rotatable bonds is 7. The van der Waals surface area contributed by atoms with Crippen molar-refractivity contribution >= 4 is 34.5 Å². The normalized spacial score (nSPS) is 11.1. The van der Waals surface area contributed by atoms with Crippen LogP contribution in [0.3, 0.4) is 0 Å². The van der Waals surface area contributed by atoms with Crippen molar-refractivity contribution in [3.8, 4) is 0 Å². The Hall–Kier alpha value is -2.80. The van der Waals surface area contributed by atoms with Crippen LogP contribution in [0.15, 0.2) is 33.5 Å². The summed E-state index contributed by atoms with van der Waals surface area (Å²) >= 11 is 5.92. The quantitative estimate of drug-likeness (QED) is 0.444. The third-order valence-corrected chi connectivity index (χ3v) is 5.03. The first kappa shape index (κ1) is 19.9. The predicted molar refractivity (Wildman–Crippen MR) is 105 cm³/mol. The summed E-state index contributed by atoms with van der Waals surface area (Å²) in [6, 6.07) is 6.66. The Bertz CT molecular complexity index is 1110. The molecule has 0 aliphatic carbocycles. The average Bonchev–Trinajstić information content (AvgIpc) is 3.11. The largest absolute Gasteiger partial charge is 0.469 e. The summed E-state index contributed by atoms with van der Waals surface area (Å²) in [6.45, 7) is 4.24. The number of carbonyl (C=O) groups excluding carboxylic acids is 2. The molecule has 0 radical (unpaired) electrons. The standard InChI is InChI=1S/C20H21ClN2O5/c1-12-9-15(13(2)22(12)8-4-5-19(25)27-3)17(24)11-23-16-7-6-14(21)10-18(16)28-20(23)26/h6-7,9-10H,4-5,8,11H2,1-3H3. The summed E-state index contributed by atoms with van der Waals surface area (Å²) < 4.78 is 13.1. The molecule has 0 N–H and O–H groups in total. The van der Waals surface area contributed by atoms with Gasteiger partial charge in [-0.1, -0.05) is 11.6 Å². The second-order valence-electron chi connectivity index (χ2n) is 6.61. The number of ketones is 1. The summed E-state index contributed by atoms with van der Waals surface area (Å²) in [5.74, 6) is -1.05. The predicted octanol–water partition coefficient (Wildman–Crippen LogP) is 3.50. The SMILES string of the molecule is COC(=O)CCCn1c(C)cc(C(=O)Cn2c(=O)oc3cc(Cl)ccc32)c1C. The number of esters is 1. The molecule has 0 unspecified atom stereocenters. The van der Waals surface area contributed by atoms with Crippen molar-refractivity contribution in [3.63, 3.8) is 0 Å². The smallest absolute Gasteiger partial charge is 0.420 e. The fraction of sp³-hybridized carbons (Fsp3) is 0.350. The molecule has 0 spiro atoms. The zero-order chi connectivity index (χ0) is 20.4. The zero-order valence-corrected chi connectivity index (χ0v) is 16.7. The van der Waals surface area contributed by atoms with Crippen LogP contribution < -0.4 is 5.76 Å². The fourth-order valence-electron chi connectivity index (χ4n) is 3.33. The van der Waals surface area contributed by atoms with E-state index in [-0.39, 0.29) is 18.3 Å². The van der Waals surface area contributed by atoms with Gasteiger partial charge in [-0.05, 0) is 38.5 Å². The fourth-order valence-corrected chi connectivity index (χ4v) is 3.49. The third kappa shape index (κ3) is 3.89. The van der Waals surface area contributed by atoms with Gasteiger partial charge in [-0.25, -0.2) is 4.79 Å². The van der Waals surface area contributed by atoms with E-state index in [1.807, 2.05) is 18.4 Å². The van der Waals surface area contributed by atoms with E-state index in [0.29, 0.717) is 41.1 Å². The van der Waals surface area contributed by atoms with E-state index in [1.54, 1.807) is 24.3 Å². The molecule has 0 saturated carbocycles. The molecule has 3 rings (SSSR count). The number of hydrogen-bond donors (Lipinski definition) is 0. The first-order valence-corrected chi connectivity index (χ1v) is 9.25. The van der Waals surface area contributed by atoms with Crippen LogP contribution in [-0.4, -0.2) is 28.0 Å². The van der Waals surface area contributed by atoms with Crippen molar-refractivity contribution < 1.29 is 18.7 Å². The molecule has 0 fully saturated rings. The van der Waals surface area contributed by atoms with Gasteiger partial charge in [0, 0.05) is 41.0 Å². The maximum absolute atomic E-state index is 12.9. The van der Waals surface area contributed by atoms with E-state index in [4.69, 9.17) is 16.0 Å². The van der Waals surface area contributed by atoms with Gasteiger partial charge in [-0.2, -0.15) is 0 Å². The number of carbonyl (C=O) groups is 2. The van der Waals surface area contributed by atoms with Crippen LogP contribution in [0.4, 0.5) is 0 Å². The van der Waals surface area contributed by atoms with E-state index in [0.717, 1.165) is 11.4 Å². The molecule has 0 bridgehead atoms. The summed E-state index contributed by atoms with van der Waals surface area (Å²) in [5, 5.41) is 0.454. The molecule has 8 heteroatoms. The van der Waals surface area contributed by atoms with Crippen LogP contribution in [-0.2, 0) is 22.6 Å². The van der Waals surface area contributed by atoms with Gasteiger partial charge in [0.25, 0.3) is 0 Å². The highest BCUT2D eigenvalue weighted by Crippen LogP contribution is 2.21. The van der Waals surface area contributed by atoms with E-state index in [1.165, 1.54) is 11.7 Å². The van der Waals surface area contributed by atoms with E-state index >= 15 is 0 Å². The number of halogens is 1. The van der Waals surface area contributed by atoms with Crippen molar-refractivity contribution in [2.24, 2.45) is 0 Å². The highest BCUT2D eigenvalue weighted by atomic mass is 35.5. The van der Waals surface area contributed by atoms with Crippen LogP contribution in [0.1, 0.15) is 34.6 Å². The lowest BCUT2D eigenvalue weighted by molar-refractivity contribution is -0.140. The van der Waals surface area contributed by atoms with Gasteiger partial charge in [0.15, 0.2) is 11.4 Å². The number of nitrogens with zero attached hydrogens (tertiary/aromatic N) is 2. The molecule has 2 aromatic heterocycles. The van der Waals surface area contributed by atoms with Gasteiger partial charge in [0.1, 0.15) is 0 Å². The number of benzene rings is 1. The summed E-state index contributed by atoms with van der Waals surface area (Å²) in [6.07, 6.45) is 0.930. The maximum Gasteiger partial charge on any atom is 0.420 e. The molecule has 1 aromatic carbocycles. The number of aromatic nitrogens is 2. The molecule has 0 amide bonds. The molecule has 28 heavy (non-hydrogen) atoms. The van der Waals surface area contributed by atoms with Crippen molar-refractivity contribution in [3.05, 3.63) is 56.8 Å². The molecular formula is C20H21ClN2O5. The summed E-state index contributed by atoms with van der Waals surface area (Å²) in [7, 11) is 1.36. The minimum Gasteiger partial charge on any atom is -0.469 e. The highest BCUT2D eigenvalue weighted by Gasteiger charge is 2.19. The topological polar surface area (TPSA) is 83.4 Å². The second kappa shape index (κ2) is 8.06. The van der Waals surface area contributed by atoms with Crippen molar-refractivity contribution in [1.82, 2.24) is 9.13 Å². The van der Waals surface area contributed by atoms with Crippen LogP contribution in [0.25, 0.3) is 11.1 Å². The van der Waals surface area contributed by atoms with Gasteiger partial charge in [-0.15, -0.1) is 0 Å². The maximum atomic E-state index is 12.9. The van der Waals surface area contributed by atoms with Crippen LogP contribution >= 0.6 is 11.6 Å². The van der Waals surface area contributed by atoms with E-state index in [9.17, 15) is 14.4 Å². The van der Waals surface area contributed by atoms with Crippen molar-refractivity contribution in [2.75, 3.05) is 7.11 Å². The van der Waals surface area contributed by atoms with Gasteiger partial charge in [0.2, 0.25) is 0 Å². The molecule has 3 aromatic rings. The third-order valence-electron chi connectivity index (χ3n) is 4.80. The van der Waals surface area contributed by atoms with Crippen LogP contribution in [0, 0.1) is 13.8 Å². The lowest BCUT2D eigenvalue weighted by atomic mass is 10.1. The Balaban J connectivity index is 1.82. The first-order chi connectivity index (χ1) is 13.3. The highest BCUT2D eigenvalue weighted by molar-refractivity contribution is 6.31. The lowest BCUT2D eigenvalue weighted by Crippen LogP contribution is -2.20. The van der Waals surface area contributed by atoms with Gasteiger partial charge >= 0.3 is 11.7 Å². The minimum atomic E-state index is -0.600. The molecule has 0 aliphatic rings. The molecular weight excluding hydrogens is 384 g/mol. The average molecular weight is 405 g/mol. The van der Waals surface area contributed by atoms with Gasteiger partial charge in [0.05, 0.1) is 19.2 Å². The molecule has 0 aliphatic heterocycles. The van der Waals surface area contributed by atoms with E-state index in [2.05, 4.69) is 4.74 Å². The summed E-state index contributed by atoms with van der Waals surface area (Å²) in [5.41, 5.74) is 3.14. The van der Waals surface area contributed by atoms with Crippen molar-refractivity contribution in [2.45, 2.75) is 39.8 Å². The number of aryl methyl sites for hydroxylation is 1. The molecule has 0 atom stereocenters. The van der Waals surface area contributed by atoms with Gasteiger partial charge in [-0.3, -0.25) is 14.2 Å². The number of ether oxygens (including phenoxy) is 1. The lowest BCUT2D eigenvalue weighted by Gasteiger charge is -2.09. The molecule has 0 saturated heterocycles. The Kier molecular flexibility index (Phi) is 5.74. The Labute approximate surface area is 166 Å². The number of hydrogen-bond acceptors (Lipinski definition) is 5. The van der Waals surface area contributed by atoms with Gasteiger partial charge < -0.3 is 13.7 Å². The summed E-state index contributed by atoms with van der Waals surface area (Å²) in [4.78, 5) is 36.3. The Morgan fingerprint density at radius 2 is 1.93 bits per heavy atom. The minimum absolute atomic E-state index is 0.125. The monoisotopic (exact) mass is 404 g/mol. The van der Waals surface area contributed by atoms with Crippen LogP contribution in [0.5, 0.6) is 0 Å². The zero-order valence-electron chi connectivity index (χ0n) is 16.0. The second-order valence-corrected chi connectivity index (χ2v) is 7.04. The number of methoxy groups -OCH3 is 1. The molecule has 2 heterocycles. The molecule has 148 valence electrons. The Morgan fingerprint density at radius 1 is 1.18 bits per heavy atom. The number of fused-ring (bicyclic) bond motifs is 1. The number of oxazole rings is 1. The van der Waals surface area contributed by atoms with E-state index < -0.39 is 5.76 Å². The number of Topliss-reactive ketones (excluding diaryl/α,β-unsaturated/α-hetero) is 1. The van der Waals surface area contributed by atoms with Crippen molar-refractivity contribution in [1.29, 1.82) is 0 Å². The van der Waals surface area contributed by atoms with Crippen LogP contribution in [0.2, 0.25) is 5.02 Å². The Morgan fingerprint density at radius 3 is 2.64 bits per heavy atom. The first-order valence-electron chi connectivity index (χ1n) is 8.87.